The average molecular weight is 431 g/mol. The summed E-state index contributed by atoms with van der Waals surface area (Å²) in [6.45, 7) is 3.00. The van der Waals surface area contributed by atoms with E-state index < -0.39 is 15.9 Å². The summed E-state index contributed by atoms with van der Waals surface area (Å²) in [6.07, 6.45) is 2.35. The van der Waals surface area contributed by atoms with E-state index in [1.165, 1.54) is 12.1 Å². The van der Waals surface area contributed by atoms with E-state index in [1.807, 2.05) is 24.3 Å². The SMILES string of the molecule is CCCOc1ccccc1CCCNC(=O)CCN1C(=O)c2ccccc2S1(=O)=O. The Hall–Kier alpha value is -2.87. The van der Waals surface area contributed by atoms with E-state index in [0.717, 1.165) is 34.9 Å². The van der Waals surface area contributed by atoms with Crippen LogP contribution >= 0.6 is 0 Å². The molecule has 2 aromatic rings. The maximum absolute atomic E-state index is 12.5. The van der Waals surface area contributed by atoms with Crippen LogP contribution in [0.2, 0.25) is 0 Å². The summed E-state index contributed by atoms with van der Waals surface area (Å²) >= 11 is 0. The second-order valence-corrected chi connectivity index (χ2v) is 8.87. The third-order valence-electron chi connectivity index (χ3n) is 4.83. The first-order valence-electron chi connectivity index (χ1n) is 10.1. The van der Waals surface area contributed by atoms with E-state index in [9.17, 15) is 18.0 Å². The lowest BCUT2D eigenvalue weighted by atomic mass is 10.1. The van der Waals surface area contributed by atoms with Gasteiger partial charge in [0, 0.05) is 19.5 Å². The average Bonchev–Trinajstić information content (AvgIpc) is 2.94. The van der Waals surface area contributed by atoms with Crippen LogP contribution in [0.5, 0.6) is 5.75 Å². The second-order valence-electron chi connectivity index (χ2n) is 7.04. The molecule has 1 N–H and O–H groups in total. The number of ether oxygens (including phenoxy) is 1. The zero-order chi connectivity index (χ0) is 21.6. The largest absolute Gasteiger partial charge is 0.493 e. The van der Waals surface area contributed by atoms with Gasteiger partial charge in [0.05, 0.1) is 12.2 Å². The quantitative estimate of drug-likeness (QED) is 0.585. The van der Waals surface area contributed by atoms with Crippen LogP contribution < -0.4 is 10.1 Å². The number of para-hydroxylation sites is 1. The maximum Gasteiger partial charge on any atom is 0.269 e. The summed E-state index contributed by atoms with van der Waals surface area (Å²) < 4.78 is 31.5. The first kappa shape index (κ1) is 21.8. The first-order chi connectivity index (χ1) is 14.4. The molecular weight excluding hydrogens is 404 g/mol. The molecule has 30 heavy (non-hydrogen) atoms. The van der Waals surface area contributed by atoms with Crippen molar-refractivity contribution in [2.45, 2.75) is 37.5 Å². The van der Waals surface area contributed by atoms with Crippen molar-refractivity contribution in [1.82, 2.24) is 9.62 Å². The monoisotopic (exact) mass is 430 g/mol. The Labute approximate surface area is 177 Å². The number of aryl methyl sites for hydroxylation is 1. The van der Waals surface area contributed by atoms with Gasteiger partial charge in [0.1, 0.15) is 10.6 Å². The molecule has 2 aromatic carbocycles. The summed E-state index contributed by atoms with van der Waals surface area (Å²) in [5.41, 5.74) is 1.24. The molecule has 0 aliphatic carbocycles. The van der Waals surface area contributed by atoms with Crippen LogP contribution in [0.3, 0.4) is 0 Å². The molecule has 0 unspecified atom stereocenters. The Morgan fingerprint density at radius 2 is 1.83 bits per heavy atom. The lowest BCUT2D eigenvalue weighted by Gasteiger charge is -2.15. The first-order valence-corrected chi connectivity index (χ1v) is 11.5. The van der Waals surface area contributed by atoms with Crippen molar-refractivity contribution < 1.29 is 22.7 Å². The smallest absolute Gasteiger partial charge is 0.269 e. The zero-order valence-electron chi connectivity index (χ0n) is 17.0. The predicted molar refractivity (Wildman–Crippen MR) is 113 cm³/mol. The van der Waals surface area contributed by atoms with Crippen molar-refractivity contribution in [3.05, 3.63) is 59.7 Å². The van der Waals surface area contributed by atoms with Crippen molar-refractivity contribution in [2.75, 3.05) is 19.7 Å². The fourth-order valence-corrected chi connectivity index (χ4v) is 4.88. The van der Waals surface area contributed by atoms with Gasteiger partial charge in [-0.1, -0.05) is 37.3 Å². The van der Waals surface area contributed by atoms with E-state index in [4.69, 9.17) is 4.74 Å². The molecule has 0 bridgehead atoms. The molecule has 0 atom stereocenters. The highest BCUT2D eigenvalue weighted by molar-refractivity contribution is 7.90. The number of amides is 2. The fraction of sp³-hybridized carbons (Fsp3) is 0.364. The van der Waals surface area contributed by atoms with E-state index in [1.54, 1.807) is 12.1 Å². The highest BCUT2D eigenvalue weighted by atomic mass is 32.2. The second kappa shape index (κ2) is 9.75. The van der Waals surface area contributed by atoms with Gasteiger partial charge in [-0.3, -0.25) is 9.59 Å². The van der Waals surface area contributed by atoms with Gasteiger partial charge in [0.25, 0.3) is 15.9 Å². The molecule has 0 spiro atoms. The molecule has 2 amide bonds. The van der Waals surface area contributed by atoms with E-state index in [0.29, 0.717) is 13.2 Å². The third-order valence-corrected chi connectivity index (χ3v) is 6.67. The summed E-state index contributed by atoms with van der Waals surface area (Å²) in [4.78, 5) is 24.5. The zero-order valence-corrected chi connectivity index (χ0v) is 17.8. The van der Waals surface area contributed by atoms with Gasteiger partial charge >= 0.3 is 0 Å². The summed E-state index contributed by atoms with van der Waals surface area (Å²) in [5.74, 6) is -0.00504. The number of hydrogen-bond donors (Lipinski definition) is 1. The molecule has 1 aliphatic rings. The molecule has 0 saturated heterocycles. The van der Waals surface area contributed by atoms with Gasteiger partial charge in [0.2, 0.25) is 5.91 Å². The number of carbonyl (C=O) groups excluding carboxylic acids is 2. The number of hydrogen-bond acceptors (Lipinski definition) is 5. The Kier molecular flexibility index (Phi) is 7.10. The summed E-state index contributed by atoms with van der Waals surface area (Å²) in [7, 11) is -3.88. The van der Waals surface area contributed by atoms with Crippen molar-refractivity contribution in [1.29, 1.82) is 0 Å². The van der Waals surface area contributed by atoms with Crippen molar-refractivity contribution in [2.24, 2.45) is 0 Å². The van der Waals surface area contributed by atoms with Crippen LogP contribution in [-0.2, 0) is 21.2 Å². The molecule has 0 fully saturated rings. The third kappa shape index (κ3) is 4.81. The number of nitrogens with one attached hydrogen (secondary N) is 1. The number of rotatable bonds is 10. The molecular formula is C22H26N2O5S. The molecule has 160 valence electrons. The van der Waals surface area contributed by atoms with Crippen LogP contribution in [0.25, 0.3) is 0 Å². The lowest BCUT2D eigenvalue weighted by molar-refractivity contribution is -0.121. The van der Waals surface area contributed by atoms with Gasteiger partial charge in [-0.25, -0.2) is 12.7 Å². The standard InChI is InChI=1S/C22H26N2O5S/c1-2-16-29-19-11-5-3-8-17(19)9-7-14-23-21(25)13-15-24-22(26)18-10-4-6-12-20(18)30(24,27)28/h3-6,8,10-12H,2,7,9,13-16H2,1H3,(H,23,25). The molecule has 0 aromatic heterocycles. The lowest BCUT2D eigenvalue weighted by Crippen LogP contribution is -2.35. The topological polar surface area (TPSA) is 92.8 Å². The molecule has 8 heteroatoms. The van der Waals surface area contributed by atoms with Crippen LogP contribution in [0.1, 0.15) is 42.1 Å². The highest BCUT2D eigenvalue weighted by Crippen LogP contribution is 2.29. The fourth-order valence-electron chi connectivity index (χ4n) is 3.31. The van der Waals surface area contributed by atoms with Gasteiger partial charge < -0.3 is 10.1 Å². The minimum Gasteiger partial charge on any atom is -0.493 e. The van der Waals surface area contributed by atoms with Crippen molar-refractivity contribution >= 4 is 21.8 Å². The van der Waals surface area contributed by atoms with Crippen molar-refractivity contribution in [3.63, 3.8) is 0 Å². The van der Waals surface area contributed by atoms with Crippen LogP contribution in [0, 0.1) is 0 Å². The molecule has 0 radical (unpaired) electrons. The van der Waals surface area contributed by atoms with Crippen LogP contribution in [0.4, 0.5) is 0 Å². The number of nitrogens with zero attached hydrogens (tertiary/aromatic N) is 1. The minimum atomic E-state index is -3.88. The Balaban J connectivity index is 1.45. The van der Waals surface area contributed by atoms with Gasteiger partial charge in [-0.2, -0.15) is 0 Å². The van der Waals surface area contributed by atoms with Crippen LogP contribution in [0.15, 0.2) is 53.4 Å². The Morgan fingerprint density at radius 1 is 1.10 bits per heavy atom. The van der Waals surface area contributed by atoms with E-state index >= 15 is 0 Å². The number of carbonyl (C=O) groups is 2. The highest BCUT2D eigenvalue weighted by Gasteiger charge is 2.40. The van der Waals surface area contributed by atoms with E-state index in [-0.39, 0.29) is 29.3 Å². The molecule has 1 heterocycles. The van der Waals surface area contributed by atoms with E-state index in [2.05, 4.69) is 12.2 Å². The minimum absolute atomic E-state index is 0.000588. The molecule has 1 aliphatic heterocycles. The summed E-state index contributed by atoms with van der Waals surface area (Å²) in [6, 6.07) is 13.9. The number of benzene rings is 2. The Bertz CT molecular complexity index is 1020. The normalized spacial score (nSPS) is 14.4. The number of sulfonamides is 1. The van der Waals surface area contributed by atoms with Crippen LogP contribution in [-0.4, -0.2) is 44.2 Å². The molecule has 0 saturated carbocycles. The Morgan fingerprint density at radius 3 is 2.60 bits per heavy atom. The molecule has 3 rings (SSSR count). The van der Waals surface area contributed by atoms with Gasteiger partial charge in [-0.15, -0.1) is 0 Å². The predicted octanol–water partition coefficient (Wildman–Crippen LogP) is 2.76. The molecule has 7 nitrogen and oxygen atoms in total. The van der Waals surface area contributed by atoms with Crippen molar-refractivity contribution in [3.8, 4) is 5.75 Å². The maximum atomic E-state index is 12.5. The van der Waals surface area contributed by atoms with Gasteiger partial charge in [0.15, 0.2) is 0 Å². The van der Waals surface area contributed by atoms with Gasteiger partial charge in [-0.05, 0) is 43.0 Å². The number of fused-ring (bicyclic) bond motifs is 1. The summed E-state index contributed by atoms with van der Waals surface area (Å²) in [5, 5.41) is 2.79.